The smallest absolute Gasteiger partial charge is 0.159 e. The van der Waals surface area contributed by atoms with Gasteiger partial charge >= 0.3 is 0 Å². The van der Waals surface area contributed by atoms with Crippen molar-refractivity contribution >= 4 is 154 Å². The van der Waals surface area contributed by atoms with E-state index >= 15 is 0 Å². The van der Waals surface area contributed by atoms with Crippen LogP contribution in [0.1, 0.15) is 52.7 Å². The lowest BCUT2D eigenvalue weighted by atomic mass is 9.83. The maximum absolute atomic E-state index is 6.96. The Kier molecular flexibility index (Phi) is 9.76. The number of rotatable bonds is 6. The third-order valence-electron chi connectivity index (χ3n) is 16.6. The second-order valence-corrected chi connectivity index (χ2v) is 23.7. The van der Waals surface area contributed by atoms with E-state index in [1.807, 2.05) is 12.1 Å². The molecule has 0 atom stereocenters. The van der Waals surface area contributed by atoms with Gasteiger partial charge in [-0.2, -0.15) is 0 Å². The fraction of sp³-hybridized carbons (Fsp3) is 0.108. The summed E-state index contributed by atoms with van der Waals surface area (Å²) in [5, 5.41) is 15.4. The van der Waals surface area contributed by atoms with Crippen LogP contribution in [0.4, 0.5) is 34.1 Å². The highest BCUT2D eigenvalue weighted by atomic mass is 16.3. The fourth-order valence-electron chi connectivity index (χ4n) is 12.7. The predicted octanol–water partition coefficient (Wildman–Crippen LogP) is 22.3. The highest BCUT2D eigenvalue weighted by Gasteiger charge is 2.30. The van der Waals surface area contributed by atoms with Gasteiger partial charge in [-0.25, -0.2) is 0 Å². The molecule has 12 aromatic carbocycles. The third-order valence-corrected chi connectivity index (χ3v) is 16.6. The van der Waals surface area contributed by atoms with Gasteiger partial charge in [-0.1, -0.05) is 151 Å². The van der Waals surface area contributed by atoms with Gasteiger partial charge in [-0.3, -0.25) is 0 Å². The summed E-state index contributed by atoms with van der Waals surface area (Å²) in [5.74, 6) is 0. The maximum Gasteiger partial charge on any atom is 0.159 e. The van der Waals surface area contributed by atoms with Crippen LogP contribution in [0.3, 0.4) is 0 Å². The summed E-state index contributed by atoms with van der Waals surface area (Å²) in [4.78, 5) is 4.74. The predicted molar refractivity (Wildman–Crippen MR) is 335 cm³/mol. The van der Waals surface area contributed by atoms with E-state index in [4.69, 9.17) is 17.7 Å². The zero-order chi connectivity index (χ0) is 53.8. The molecule has 0 amide bonds. The lowest BCUT2D eigenvalue weighted by molar-refractivity contribution is 0.591. The van der Waals surface area contributed by atoms with Crippen molar-refractivity contribution in [1.82, 2.24) is 0 Å². The van der Waals surface area contributed by atoms with Gasteiger partial charge in [0.25, 0.3) is 0 Å². The van der Waals surface area contributed by atoms with E-state index in [1.165, 1.54) is 32.7 Å². The monoisotopic (exact) mass is 1030 g/mol. The minimum Gasteiger partial charge on any atom is -0.456 e. The van der Waals surface area contributed by atoms with E-state index in [-0.39, 0.29) is 10.8 Å². The molecule has 0 unspecified atom stereocenters. The largest absolute Gasteiger partial charge is 0.456 e. The molecule has 0 saturated heterocycles. The van der Waals surface area contributed by atoms with Gasteiger partial charge in [0.1, 0.15) is 33.5 Å². The lowest BCUT2D eigenvalue weighted by Crippen LogP contribution is -2.19. The first-order valence-corrected chi connectivity index (χ1v) is 27.6. The van der Waals surface area contributed by atoms with E-state index in [1.54, 1.807) is 0 Å². The van der Waals surface area contributed by atoms with Gasteiger partial charge in [0.05, 0.1) is 34.1 Å². The standard InChI is InChI=1S/C74H54N2O4/c1-73(2,3)59-35-43-17-7-9-19-45(43)37-63(59)75(61-25-15-23-55-51-21-11-13-27-65(51)79-71(55)61)49-29-31-53-57-33-47-40-68-58(34-48(47)39-67(57)77-69(53)41-49)54-32-30-50(42-70(54)78-68)76(62-26-16-24-56-52-22-12-14-28-66(52)80-72(56)62)64-38-46-20-10-8-18-44(46)36-60(64)74(4,5)6/h7-42H,1-6H3. The van der Waals surface area contributed by atoms with Gasteiger partial charge < -0.3 is 27.5 Å². The molecule has 0 aliphatic heterocycles. The van der Waals surface area contributed by atoms with E-state index in [0.717, 1.165) is 133 Å². The summed E-state index contributed by atoms with van der Waals surface area (Å²) < 4.78 is 27.5. The Labute approximate surface area is 461 Å². The Balaban J connectivity index is 0.849. The number of fused-ring (bicyclic) bond motifs is 15. The van der Waals surface area contributed by atoms with E-state index in [0.29, 0.717) is 0 Å². The van der Waals surface area contributed by atoms with E-state index in [9.17, 15) is 0 Å². The topological polar surface area (TPSA) is 59.0 Å². The molecule has 4 heterocycles. The molecule has 80 heavy (non-hydrogen) atoms. The molecule has 0 N–H and O–H groups in total. The summed E-state index contributed by atoms with van der Waals surface area (Å²) in [6.07, 6.45) is 0. The zero-order valence-electron chi connectivity index (χ0n) is 45.3. The first-order valence-electron chi connectivity index (χ1n) is 27.6. The summed E-state index contributed by atoms with van der Waals surface area (Å²) in [7, 11) is 0. The highest BCUT2D eigenvalue weighted by molar-refractivity contribution is 6.17. The van der Waals surface area contributed by atoms with Crippen molar-refractivity contribution in [3.8, 4) is 0 Å². The number of benzene rings is 12. The average molecular weight is 1040 g/mol. The summed E-state index contributed by atoms with van der Waals surface area (Å²) in [6.45, 7) is 13.7. The zero-order valence-corrected chi connectivity index (χ0v) is 45.3. The molecular formula is C74H54N2O4. The number of hydrogen-bond donors (Lipinski definition) is 0. The molecule has 0 radical (unpaired) electrons. The molecule has 6 heteroatoms. The number of anilines is 6. The number of nitrogens with zero attached hydrogens (tertiary/aromatic N) is 2. The summed E-state index contributed by atoms with van der Waals surface area (Å²) in [6, 6.07) is 78.3. The van der Waals surface area contributed by atoms with Crippen molar-refractivity contribution in [3.63, 3.8) is 0 Å². The normalized spacial score (nSPS) is 12.6. The molecular weight excluding hydrogens is 981 g/mol. The molecule has 0 spiro atoms. The van der Waals surface area contributed by atoms with E-state index in [2.05, 4.69) is 258 Å². The fourth-order valence-corrected chi connectivity index (χ4v) is 12.7. The quantitative estimate of drug-likeness (QED) is 0.165. The molecule has 16 rings (SSSR count). The Hall–Kier alpha value is -9.78. The van der Waals surface area contributed by atoms with Gasteiger partial charge in [0.15, 0.2) is 11.2 Å². The van der Waals surface area contributed by atoms with Crippen LogP contribution in [-0.4, -0.2) is 0 Å². The van der Waals surface area contributed by atoms with Crippen LogP contribution < -0.4 is 9.80 Å². The Bertz CT molecular complexity index is 4920. The lowest BCUT2D eigenvalue weighted by Gasteiger charge is -2.32. The number of furan rings is 4. The maximum atomic E-state index is 6.96. The van der Waals surface area contributed by atoms with Crippen LogP contribution >= 0.6 is 0 Å². The van der Waals surface area contributed by atoms with Crippen LogP contribution in [0.15, 0.2) is 236 Å². The molecule has 384 valence electrons. The molecule has 0 fully saturated rings. The first kappa shape index (κ1) is 46.3. The molecule has 0 saturated carbocycles. The molecule has 4 aromatic heterocycles. The average Bonchev–Trinajstić information content (AvgIpc) is 4.32. The van der Waals surface area contributed by atoms with Crippen molar-refractivity contribution < 1.29 is 17.7 Å². The van der Waals surface area contributed by atoms with Crippen molar-refractivity contribution in [1.29, 1.82) is 0 Å². The van der Waals surface area contributed by atoms with Crippen LogP contribution in [0.25, 0.3) is 120 Å². The minimum atomic E-state index is -0.185. The van der Waals surface area contributed by atoms with Crippen molar-refractivity contribution in [2.75, 3.05) is 9.80 Å². The van der Waals surface area contributed by atoms with Gasteiger partial charge in [-0.15, -0.1) is 0 Å². The molecule has 0 bridgehead atoms. The Morgan fingerprint density at radius 3 is 1.04 bits per heavy atom. The van der Waals surface area contributed by atoms with Crippen molar-refractivity contribution in [3.05, 3.63) is 230 Å². The number of hydrogen-bond acceptors (Lipinski definition) is 6. The van der Waals surface area contributed by atoms with Gasteiger partial charge in [-0.05, 0) is 151 Å². The van der Waals surface area contributed by atoms with Gasteiger partial charge in [0, 0.05) is 55.2 Å². The first-order chi connectivity index (χ1) is 38.9. The van der Waals surface area contributed by atoms with Crippen molar-refractivity contribution in [2.45, 2.75) is 52.4 Å². The van der Waals surface area contributed by atoms with Crippen LogP contribution in [0.5, 0.6) is 0 Å². The molecule has 6 nitrogen and oxygen atoms in total. The van der Waals surface area contributed by atoms with Crippen molar-refractivity contribution in [2.24, 2.45) is 0 Å². The molecule has 0 aliphatic rings. The molecule has 0 aliphatic carbocycles. The van der Waals surface area contributed by atoms with Crippen LogP contribution in [0.2, 0.25) is 0 Å². The summed E-state index contributed by atoms with van der Waals surface area (Å²) >= 11 is 0. The van der Waals surface area contributed by atoms with Crippen LogP contribution in [-0.2, 0) is 10.8 Å². The second-order valence-electron chi connectivity index (χ2n) is 23.7. The highest BCUT2D eigenvalue weighted by Crippen LogP contribution is 2.50. The second kappa shape index (κ2) is 16.9. The third kappa shape index (κ3) is 7.11. The summed E-state index contributed by atoms with van der Waals surface area (Å²) in [5.41, 5.74) is 14.8. The SMILES string of the molecule is CC(C)(C)c1cc2ccccc2cc1N(c1ccc2c(c1)oc1cc3cc4c(cc3cc12)oc1cc(N(c2cc3ccccc3cc2C(C)(C)C)c2cccc3c2oc2ccccc23)ccc14)c1cccc2c1oc1ccccc12. The minimum absolute atomic E-state index is 0.185. The molecule has 16 aromatic rings. The Morgan fingerprint density at radius 2 is 0.613 bits per heavy atom. The number of para-hydroxylation sites is 4. The Morgan fingerprint density at radius 1 is 0.250 bits per heavy atom. The van der Waals surface area contributed by atoms with Gasteiger partial charge in [0.2, 0.25) is 0 Å². The van der Waals surface area contributed by atoms with Crippen LogP contribution in [0, 0.1) is 0 Å². The van der Waals surface area contributed by atoms with E-state index < -0.39 is 0 Å².